The van der Waals surface area contributed by atoms with Gasteiger partial charge in [0.1, 0.15) is 5.69 Å². The quantitative estimate of drug-likeness (QED) is 0.383. The predicted molar refractivity (Wildman–Crippen MR) is 77.7 cm³/mol. The Morgan fingerprint density at radius 3 is 2.74 bits per heavy atom. The summed E-state index contributed by atoms with van der Waals surface area (Å²) in [5.41, 5.74) is 3.58. The van der Waals surface area contributed by atoms with Crippen molar-refractivity contribution in [2.75, 3.05) is 5.43 Å². The van der Waals surface area contributed by atoms with E-state index < -0.39 is 0 Å². The zero-order chi connectivity index (χ0) is 14.1. The lowest BCUT2D eigenvalue weighted by molar-refractivity contribution is 0.0933. The summed E-state index contributed by atoms with van der Waals surface area (Å²) in [5.74, 6) is 5.11. The maximum atomic E-state index is 11.9. The first-order valence-corrected chi connectivity index (χ1v) is 6.91. The van der Waals surface area contributed by atoms with Gasteiger partial charge in [-0.25, -0.2) is 4.98 Å². The van der Waals surface area contributed by atoms with Crippen molar-refractivity contribution in [1.82, 2.24) is 10.3 Å². The molecule has 0 bridgehead atoms. The molecular formula is C14H24N4O. The standard InChI is InChI=1S/C14H24N4O/c1-3-4-5-6-7-11(2)17-14(19)13-9-8-12(18-15)10-16-13/h8-11,18H,3-7,15H2,1-2H3,(H,17,19). The largest absolute Gasteiger partial charge is 0.348 e. The topological polar surface area (TPSA) is 80.0 Å². The Labute approximate surface area is 115 Å². The molecule has 1 amide bonds. The van der Waals surface area contributed by atoms with E-state index in [1.54, 1.807) is 18.3 Å². The molecule has 0 aliphatic carbocycles. The number of carbonyl (C=O) groups is 1. The second-order valence-corrected chi connectivity index (χ2v) is 4.80. The van der Waals surface area contributed by atoms with Gasteiger partial charge in [0, 0.05) is 6.04 Å². The van der Waals surface area contributed by atoms with Crippen molar-refractivity contribution in [1.29, 1.82) is 0 Å². The number of nitrogens with one attached hydrogen (secondary N) is 2. The van der Waals surface area contributed by atoms with Gasteiger partial charge in [-0.05, 0) is 25.5 Å². The number of unbranched alkanes of at least 4 members (excludes halogenated alkanes) is 3. The average Bonchev–Trinajstić information content (AvgIpc) is 2.43. The number of hydrogen-bond acceptors (Lipinski definition) is 4. The maximum absolute atomic E-state index is 11.9. The Morgan fingerprint density at radius 2 is 2.16 bits per heavy atom. The van der Waals surface area contributed by atoms with Gasteiger partial charge >= 0.3 is 0 Å². The molecule has 1 atom stereocenters. The molecule has 0 fully saturated rings. The van der Waals surface area contributed by atoms with Crippen LogP contribution in [0.25, 0.3) is 0 Å². The van der Waals surface area contributed by atoms with Crippen LogP contribution in [0.2, 0.25) is 0 Å². The highest BCUT2D eigenvalue weighted by Crippen LogP contribution is 2.07. The Hall–Kier alpha value is -1.62. The molecule has 4 N–H and O–H groups in total. The van der Waals surface area contributed by atoms with Crippen molar-refractivity contribution in [3.05, 3.63) is 24.0 Å². The smallest absolute Gasteiger partial charge is 0.270 e. The zero-order valence-electron chi connectivity index (χ0n) is 11.8. The van der Waals surface area contributed by atoms with Gasteiger partial charge in [-0.1, -0.05) is 32.6 Å². The van der Waals surface area contributed by atoms with Gasteiger partial charge in [0.15, 0.2) is 0 Å². The van der Waals surface area contributed by atoms with Crippen molar-refractivity contribution in [3.63, 3.8) is 0 Å². The molecule has 5 nitrogen and oxygen atoms in total. The van der Waals surface area contributed by atoms with Gasteiger partial charge < -0.3 is 10.7 Å². The highest BCUT2D eigenvalue weighted by Gasteiger charge is 2.10. The molecule has 0 aliphatic heterocycles. The molecule has 1 aromatic rings. The van der Waals surface area contributed by atoms with Crippen LogP contribution in [0, 0.1) is 0 Å². The number of nitrogens with zero attached hydrogens (tertiary/aromatic N) is 1. The first-order valence-electron chi connectivity index (χ1n) is 6.91. The maximum Gasteiger partial charge on any atom is 0.270 e. The van der Waals surface area contributed by atoms with Gasteiger partial charge in [-0.3, -0.25) is 10.6 Å². The molecule has 0 aliphatic rings. The molecule has 0 saturated heterocycles. The second kappa shape index (κ2) is 8.48. The number of pyridine rings is 1. The van der Waals surface area contributed by atoms with Crippen molar-refractivity contribution in [2.45, 2.75) is 52.0 Å². The summed E-state index contributed by atoms with van der Waals surface area (Å²) in [5, 5.41) is 2.96. The summed E-state index contributed by atoms with van der Waals surface area (Å²) in [4.78, 5) is 16.0. The minimum atomic E-state index is -0.133. The average molecular weight is 264 g/mol. The monoisotopic (exact) mass is 264 g/mol. The molecule has 1 rings (SSSR count). The lowest BCUT2D eigenvalue weighted by Crippen LogP contribution is -2.33. The summed E-state index contributed by atoms with van der Waals surface area (Å²) in [6.45, 7) is 4.22. The van der Waals surface area contributed by atoms with E-state index in [1.165, 1.54) is 19.3 Å². The van der Waals surface area contributed by atoms with E-state index in [0.717, 1.165) is 12.8 Å². The number of amides is 1. The number of rotatable bonds is 8. The third-order valence-corrected chi connectivity index (χ3v) is 3.03. The van der Waals surface area contributed by atoms with Crippen molar-refractivity contribution in [3.8, 4) is 0 Å². The first-order chi connectivity index (χ1) is 9.17. The van der Waals surface area contributed by atoms with Crippen LogP contribution >= 0.6 is 0 Å². The Morgan fingerprint density at radius 1 is 1.37 bits per heavy atom. The summed E-state index contributed by atoms with van der Waals surface area (Å²) >= 11 is 0. The van der Waals surface area contributed by atoms with Crippen LogP contribution in [0.5, 0.6) is 0 Å². The summed E-state index contributed by atoms with van der Waals surface area (Å²) < 4.78 is 0. The molecule has 0 spiro atoms. The van der Waals surface area contributed by atoms with Crippen LogP contribution in [-0.4, -0.2) is 16.9 Å². The number of nitrogen functional groups attached to an aromatic ring is 1. The Balaban J connectivity index is 2.36. The lowest BCUT2D eigenvalue weighted by atomic mass is 10.1. The molecule has 0 saturated carbocycles. The van der Waals surface area contributed by atoms with Gasteiger partial charge in [0.25, 0.3) is 5.91 Å². The van der Waals surface area contributed by atoms with E-state index >= 15 is 0 Å². The van der Waals surface area contributed by atoms with Gasteiger partial charge in [0.05, 0.1) is 11.9 Å². The van der Waals surface area contributed by atoms with E-state index in [4.69, 9.17) is 5.84 Å². The van der Waals surface area contributed by atoms with Crippen LogP contribution < -0.4 is 16.6 Å². The van der Waals surface area contributed by atoms with E-state index in [-0.39, 0.29) is 11.9 Å². The number of anilines is 1. The number of hydrazine groups is 1. The van der Waals surface area contributed by atoms with Crippen LogP contribution in [-0.2, 0) is 0 Å². The van der Waals surface area contributed by atoms with Crippen LogP contribution in [0.3, 0.4) is 0 Å². The van der Waals surface area contributed by atoms with Crippen LogP contribution in [0.15, 0.2) is 18.3 Å². The summed E-state index contributed by atoms with van der Waals surface area (Å²) in [6, 6.07) is 3.57. The molecule has 5 heteroatoms. The third-order valence-electron chi connectivity index (χ3n) is 3.03. The Kier molecular flexibility index (Phi) is 6.89. The second-order valence-electron chi connectivity index (χ2n) is 4.80. The number of aromatic nitrogens is 1. The molecule has 0 radical (unpaired) electrons. The molecule has 1 heterocycles. The minimum Gasteiger partial charge on any atom is -0.348 e. The van der Waals surface area contributed by atoms with Crippen molar-refractivity contribution >= 4 is 11.6 Å². The fourth-order valence-corrected chi connectivity index (χ4v) is 1.86. The van der Waals surface area contributed by atoms with E-state index in [2.05, 4.69) is 22.7 Å². The number of nitrogens with two attached hydrogens (primary N) is 1. The highest BCUT2D eigenvalue weighted by molar-refractivity contribution is 5.92. The SMILES string of the molecule is CCCCCCC(C)NC(=O)c1ccc(NN)cn1. The molecule has 1 unspecified atom stereocenters. The fourth-order valence-electron chi connectivity index (χ4n) is 1.86. The molecule has 19 heavy (non-hydrogen) atoms. The molecular weight excluding hydrogens is 240 g/mol. The van der Waals surface area contributed by atoms with E-state index in [9.17, 15) is 4.79 Å². The van der Waals surface area contributed by atoms with E-state index in [0.29, 0.717) is 11.4 Å². The number of hydrogen-bond donors (Lipinski definition) is 3. The molecule has 106 valence electrons. The van der Waals surface area contributed by atoms with Crippen LogP contribution in [0.1, 0.15) is 56.4 Å². The fraction of sp³-hybridized carbons (Fsp3) is 0.571. The zero-order valence-corrected chi connectivity index (χ0v) is 11.8. The Bertz CT molecular complexity index is 378. The number of carbonyl (C=O) groups excluding carboxylic acids is 1. The summed E-state index contributed by atoms with van der Waals surface area (Å²) in [6.07, 6.45) is 7.42. The summed E-state index contributed by atoms with van der Waals surface area (Å²) in [7, 11) is 0. The van der Waals surface area contributed by atoms with Gasteiger partial charge in [-0.2, -0.15) is 0 Å². The minimum absolute atomic E-state index is 0.133. The van der Waals surface area contributed by atoms with E-state index in [1.807, 2.05) is 6.92 Å². The lowest BCUT2D eigenvalue weighted by Gasteiger charge is -2.13. The highest BCUT2D eigenvalue weighted by atomic mass is 16.1. The van der Waals surface area contributed by atoms with Crippen molar-refractivity contribution < 1.29 is 4.79 Å². The van der Waals surface area contributed by atoms with Gasteiger partial charge in [-0.15, -0.1) is 0 Å². The van der Waals surface area contributed by atoms with Crippen LogP contribution in [0.4, 0.5) is 5.69 Å². The first kappa shape index (κ1) is 15.4. The normalized spacial score (nSPS) is 11.9. The third kappa shape index (κ3) is 5.70. The predicted octanol–water partition coefficient (Wildman–Crippen LogP) is 2.46. The van der Waals surface area contributed by atoms with Crippen molar-refractivity contribution in [2.24, 2.45) is 5.84 Å². The molecule has 1 aromatic heterocycles. The molecule has 0 aromatic carbocycles. The van der Waals surface area contributed by atoms with Gasteiger partial charge in [0.2, 0.25) is 0 Å².